The molecular formula is C25H26N4O6. The van der Waals surface area contributed by atoms with Gasteiger partial charge in [0.15, 0.2) is 0 Å². The summed E-state index contributed by atoms with van der Waals surface area (Å²) < 4.78 is 19.4. The highest BCUT2D eigenvalue weighted by atomic mass is 16.5. The Kier molecular flexibility index (Phi) is 6.12. The molecule has 1 aliphatic heterocycles. The summed E-state index contributed by atoms with van der Waals surface area (Å²) in [6.07, 6.45) is 2.79. The van der Waals surface area contributed by atoms with Crippen molar-refractivity contribution in [2.45, 2.75) is 32.4 Å². The minimum atomic E-state index is -0.450. The largest absolute Gasteiger partial charge is 0.490 e. The number of hydrogen-bond donors (Lipinski definition) is 0. The van der Waals surface area contributed by atoms with Crippen LogP contribution in [-0.2, 0) is 11.3 Å². The average molecular weight is 479 g/mol. The molecule has 0 atom stereocenters. The van der Waals surface area contributed by atoms with Crippen LogP contribution in [-0.4, -0.2) is 57.7 Å². The van der Waals surface area contributed by atoms with E-state index in [4.69, 9.17) is 13.9 Å². The summed E-state index contributed by atoms with van der Waals surface area (Å²) in [7, 11) is 1.59. The molecule has 0 radical (unpaired) electrons. The van der Waals surface area contributed by atoms with E-state index in [2.05, 4.69) is 4.98 Å². The number of carbonyl (C=O) groups excluding carboxylic acids is 1. The average Bonchev–Trinajstić information content (AvgIpc) is 3.21. The Labute approximate surface area is 200 Å². The van der Waals surface area contributed by atoms with Gasteiger partial charge in [-0.05, 0) is 25.1 Å². The molecule has 10 nitrogen and oxygen atoms in total. The third kappa shape index (κ3) is 4.44. The number of hydrogen-bond acceptors (Lipinski definition) is 7. The second-order valence-electron chi connectivity index (χ2n) is 8.59. The Balaban J connectivity index is 1.40. The minimum absolute atomic E-state index is 0.115. The lowest BCUT2D eigenvalue weighted by atomic mass is 10.1. The topological polar surface area (TPSA) is 108 Å². The van der Waals surface area contributed by atoms with Crippen LogP contribution >= 0.6 is 0 Å². The number of pyridine rings is 1. The standard InChI is InChI=1S/C25H26N4O6/c1-16-13-18(14-22(30)34-16)35-17-6-9-27(10-7-17)25(32)20-15-19-23(28(20)11-12-33-2)26-21-5-3-4-8-29(21)24(19)31/h3-5,8,13-15,17H,6-7,9-12H2,1-2H3. The Morgan fingerprint density at radius 1 is 1.17 bits per heavy atom. The number of aryl methyl sites for hydroxylation is 1. The van der Waals surface area contributed by atoms with E-state index >= 15 is 0 Å². The van der Waals surface area contributed by atoms with Crippen LogP contribution < -0.4 is 15.9 Å². The van der Waals surface area contributed by atoms with E-state index in [1.807, 2.05) is 6.07 Å². The maximum absolute atomic E-state index is 13.5. The summed E-state index contributed by atoms with van der Waals surface area (Å²) in [5, 5.41) is 0.393. The van der Waals surface area contributed by atoms with E-state index in [0.29, 0.717) is 73.0 Å². The summed E-state index contributed by atoms with van der Waals surface area (Å²) in [5.74, 6) is 0.796. The first-order valence-corrected chi connectivity index (χ1v) is 11.5. The normalized spacial score (nSPS) is 14.6. The van der Waals surface area contributed by atoms with Crippen LogP contribution in [0.5, 0.6) is 5.75 Å². The number of likely N-dealkylation sites (tertiary alicyclic amines) is 1. The lowest BCUT2D eigenvalue weighted by Gasteiger charge is -2.32. The van der Waals surface area contributed by atoms with Crippen LogP contribution in [0.25, 0.3) is 16.7 Å². The zero-order chi connectivity index (χ0) is 24.5. The molecule has 10 heteroatoms. The van der Waals surface area contributed by atoms with Crippen LogP contribution in [0.15, 0.2) is 56.6 Å². The van der Waals surface area contributed by atoms with Gasteiger partial charge in [0.1, 0.15) is 34.6 Å². The van der Waals surface area contributed by atoms with E-state index in [1.165, 1.54) is 10.5 Å². The van der Waals surface area contributed by atoms with E-state index in [1.54, 1.807) is 54.0 Å². The molecule has 1 fully saturated rings. The van der Waals surface area contributed by atoms with Crippen LogP contribution in [0.4, 0.5) is 0 Å². The number of aromatic nitrogens is 3. The first-order chi connectivity index (χ1) is 16.9. The number of carbonyl (C=O) groups is 1. The van der Waals surface area contributed by atoms with Crippen molar-refractivity contribution in [2.24, 2.45) is 0 Å². The molecule has 35 heavy (non-hydrogen) atoms. The second-order valence-corrected chi connectivity index (χ2v) is 8.59. The number of amides is 1. The Morgan fingerprint density at radius 3 is 2.71 bits per heavy atom. The molecule has 0 aliphatic carbocycles. The van der Waals surface area contributed by atoms with Gasteiger partial charge in [0.05, 0.1) is 18.1 Å². The van der Waals surface area contributed by atoms with Crippen molar-refractivity contribution < 1.29 is 18.7 Å². The maximum atomic E-state index is 13.5. The minimum Gasteiger partial charge on any atom is -0.490 e. The molecule has 4 aromatic rings. The number of fused-ring (bicyclic) bond motifs is 2. The quantitative estimate of drug-likeness (QED) is 0.418. The van der Waals surface area contributed by atoms with Crippen molar-refractivity contribution >= 4 is 22.6 Å². The molecule has 0 N–H and O–H groups in total. The molecule has 5 heterocycles. The maximum Gasteiger partial charge on any atom is 0.339 e. The third-order valence-electron chi connectivity index (χ3n) is 6.21. The number of ether oxygens (including phenoxy) is 2. The third-order valence-corrected chi connectivity index (χ3v) is 6.21. The molecule has 4 aromatic heterocycles. The first kappa shape index (κ1) is 22.9. The van der Waals surface area contributed by atoms with Crippen LogP contribution in [0.2, 0.25) is 0 Å². The molecule has 5 rings (SSSR count). The highest BCUT2D eigenvalue weighted by molar-refractivity contribution is 5.98. The molecule has 1 saturated heterocycles. The molecule has 0 bridgehead atoms. The Bertz CT molecular complexity index is 1510. The molecule has 0 saturated carbocycles. The zero-order valence-electron chi connectivity index (χ0n) is 19.6. The van der Waals surface area contributed by atoms with Crippen molar-refractivity contribution in [3.63, 3.8) is 0 Å². The van der Waals surface area contributed by atoms with Gasteiger partial charge in [0.2, 0.25) is 0 Å². The molecule has 0 unspecified atom stereocenters. The van der Waals surface area contributed by atoms with Crippen LogP contribution in [0.1, 0.15) is 29.1 Å². The molecular weight excluding hydrogens is 452 g/mol. The fourth-order valence-electron chi connectivity index (χ4n) is 4.51. The highest BCUT2D eigenvalue weighted by Crippen LogP contribution is 2.23. The lowest BCUT2D eigenvalue weighted by Crippen LogP contribution is -2.42. The number of methoxy groups -OCH3 is 1. The van der Waals surface area contributed by atoms with E-state index < -0.39 is 5.63 Å². The fraction of sp³-hybridized carbons (Fsp3) is 0.360. The van der Waals surface area contributed by atoms with Crippen molar-refractivity contribution in [3.05, 3.63) is 74.8 Å². The summed E-state index contributed by atoms with van der Waals surface area (Å²) >= 11 is 0. The van der Waals surface area contributed by atoms with Crippen molar-refractivity contribution in [1.29, 1.82) is 0 Å². The van der Waals surface area contributed by atoms with Gasteiger partial charge in [-0.25, -0.2) is 9.78 Å². The predicted molar refractivity (Wildman–Crippen MR) is 128 cm³/mol. The molecule has 0 aromatic carbocycles. The van der Waals surface area contributed by atoms with Crippen LogP contribution in [0.3, 0.4) is 0 Å². The number of rotatable bonds is 6. The molecule has 1 amide bonds. The molecule has 0 spiro atoms. The number of piperidine rings is 1. The summed E-state index contributed by atoms with van der Waals surface area (Å²) in [6.45, 7) is 3.45. The highest BCUT2D eigenvalue weighted by Gasteiger charge is 2.28. The summed E-state index contributed by atoms with van der Waals surface area (Å²) in [6, 6.07) is 10.00. The lowest BCUT2D eigenvalue weighted by molar-refractivity contribution is 0.0583. The monoisotopic (exact) mass is 478 g/mol. The van der Waals surface area contributed by atoms with Gasteiger partial charge >= 0.3 is 5.63 Å². The zero-order valence-corrected chi connectivity index (χ0v) is 19.6. The Hall–Kier alpha value is -3.92. The van der Waals surface area contributed by atoms with Crippen LogP contribution in [0, 0.1) is 6.92 Å². The Morgan fingerprint density at radius 2 is 1.97 bits per heavy atom. The summed E-state index contributed by atoms with van der Waals surface area (Å²) in [5.41, 5.74) is 0.731. The molecule has 182 valence electrons. The predicted octanol–water partition coefficient (Wildman–Crippen LogP) is 2.24. The van der Waals surface area contributed by atoms with Gasteiger partial charge in [0, 0.05) is 51.8 Å². The summed E-state index contributed by atoms with van der Waals surface area (Å²) in [4.78, 5) is 44.7. The van der Waals surface area contributed by atoms with E-state index in [-0.39, 0.29) is 17.6 Å². The van der Waals surface area contributed by atoms with E-state index in [9.17, 15) is 14.4 Å². The van der Waals surface area contributed by atoms with Gasteiger partial charge in [-0.1, -0.05) is 6.07 Å². The van der Waals surface area contributed by atoms with Crippen molar-refractivity contribution in [3.8, 4) is 5.75 Å². The van der Waals surface area contributed by atoms with Gasteiger partial charge in [-0.2, -0.15) is 0 Å². The molecule has 1 aliphatic rings. The SMILES string of the molecule is COCCn1c(C(=O)N2CCC(Oc3cc(C)oc(=O)c3)CC2)cc2c(=O)n3ccccc3nc21. The van der Waals surface area contributed by atoms with Gasteiger partial charge in [0.25, 0.3) is 11.5 Å². The smallest absolute Gasteiger partial charge is 0.339 e. The number of nitrogens with zero attached hydrogens (tertiary/aromatic N) is 4. The van der Waals surface area contributed by atoms with Gasteiger partial charge in [-0.3, -0.25) is 14.0 Å². The second kappa shape index (κ2) is 9.38. The van der Waals surface area contributed by atoms with Crippen molar-refractivity contribution in [2.75, 3.05) is 26.8 Å². The van der Waals surface area contributed by atoms with E-state index in [0.717, 1.165) is 0 Å². The van der Waals surface area contributed by atoms with Gasteiger partial charge in [-0.15, -0.1) is 0 Å². The first-order valence-electron chi connectivity index (χ1n) is 11.5. The fourth-order valence-corrected chi connectivity index (χ4v) is 4.51. The van der Waals surface area contributed by atoms with Gasteiger partial charge < -0.3 is 23.4 Å². The van der Waals surface area contributed by atoms with Crippen molar-refractivity contribution in [1.82, 2.24) is 18.9 Å².